The average molecular weight is 493 g/mol. The minimum atomic E-state index is -0.460. The van der Waals surface area contributed by atoms with Crippen LogP contribution in [0.25, 0.3) is 5.69 Å². The largest absolute Gasteiger partial charge is 0.496 e. The fourth-order valence-corrected chi connectivity index (χ4v) is 3.52. The Kier molecular flexibility index (Phi) is 8.07. The first-order chi connectivity index (χ1) is 15.9. The van der Waals surface area contributed by atoms with Crippen molar-refractivity contribution in [2.75, 3.05) is 32.1 Å². The van der Waals surface area contributed by atoms with Crippen LogP contribution in [0.5, 0.6) is 11.5 Å². The minimum absolute atomic E-state index is 0.129. The number of benzene rings is 2. The second kappa shape index (κ2) is 11.0. The molecule has 3 aromatic rings. The summed E-state index contributed by atoms with van der Waals surface area (Å²) < 4.78 is 12.2. The quantitative estimate of drug-likeness (QED) is 0.486. The van der Waals surface area contributed by atoms with Gasteiger partial charge < -0.3 is 19.7 Å². The van der Waals surface area contributed by atoms with Crippen molar-refractivity contribution < 1.29 is 19.1 Å². The molecule has 0 unspecified atom stereocenters. The smallest absolute Gasteiger partial charge is 0.260 e. The number of rotatable bonds is 9. The van der Waals surface area contributed by atoms with Crippen molar-refractivity contribution in [1.82, 2.24) is 25.1 Å². The summed E-state index contributed by atoms with van der Waals surface area (Å²) >= 11 is 12.6. The van der Waals surface area contributed by atoms with E-state index >= 15 is 0 Å². The lowest BCUT2D eigenvalue weighted by Crippen LogP contribution is -2.34. The number of tetrazole rings is 1. The van der Waals surface area contributed by atoms with E-state index in [9.17, 15) is 9.59 Å². The third-order valence-electron chi connectivity index (χ3n) is 4.77. The van der Waals surface area contributed by atoms with Gasteiger partial charge in [0.25, 0.3) is 11.8 Å². The summed E-state index contributed by atoms with van der Waals surface area (Å²) in [4.78, 5) is 26.6. The number of methoxy groups -OCH3 is 1. The van der Waals surface area contributed by atoms with E-state index < -0.39 is 5.91 Å². The molecule has 0 spiro atoms. The first kappa shape index (κ1) is 24.3. The Labute approximate surface area is 200 Å². The van der Waals surface area contributed by atoms with E-state index in [1.165, 1.54) is 30.3 Å². The molecule has 174 valence electrons. The van der Waals surface area contributed by atoms with E-state index in [1.807, 2.05) is 13.8 Å². The number of likely N-dealkylation sites (N-methyl/N-ethyl adjacent to an activating group) is 1. The van der Waals surface area contributed by atoms with Crippen LogP contribution in [0, 0.1) is 0 Å². The number of hydrogen-bond donors (Lipinski definition) is 1. The lowest BCUT2D eigenvalue weighted by atomic mass is 10.1. The Morgan fingerprint density at radius 1 is 1.09 bits per heavy atom. The fraction of sp³-hybridized carbons (Fsp3) is 0.286. The summed E-state index contributed by atoms with van der Waals surface area (Å²) in [6.45, 7) is 4.86. The molecule has 1 aromatic heterocycles. The molecule has 2 aromatic carbocycles. The topological polar surface area (TPSA) is 111 Å². The molecule has 0 aliphatic carbocycles. The Balaban J connectivity index is 1.73. The van der Waals surface area contributed by atoms with Gasteiger partial charge in [0, 0.05) is 24.8 Å². The standard InChI is InChI=1S/C21H22Cl2N6O4/c1-4-28(5-2)20(30)11-33-18-7-6-13(8-16(18)23)25-21(31)14-9-15(22)17(10-19(14)32-3)29-12-24-26-27-29/h6-10,12H,4-5,11H2,1-3H3,(H,25,31). The number of carbonyl (C=O) groups is 2. The zero-order valence-corrected chi connectivity index (χ0v) is 19.7. The third-order valence-corrected chi connectivity index (χ3v) is 5.36. The molecule has 0 aliphatic rings. The zero-order chi connectivity index (χ0) is 24.0. The molecule has 0 bridgehead atoms. The number of ether oxygens (including phenoxy) is 2. The highest BCUT2D eigenvalue weighted by molar-refractivity contribution is 6.33. The molecule has 1 heterocycles. The Hall–Kier alpha value is -3.37. The van der Waals surface area contributed by atoms with Crippen LogP contribution in [0.2, 0.25) is 10.0 Å². The van der Waals surface area contributed by atoms with Gasteiger partial charge in [0.1, 0.15) is 17.8 Å². The van der Waals surface area contributed by atoms with E-state index in [0.29, 0.717) is 30.2 Å². The predicted molar refractivity (Wildman–Crippen MR) is 124 cm³/mol. The summed E-state index contributed by atoms with van der Waals surface area (Å²) in [6, 6.07) is 7.75. The molecule has 0 radical (unpaired) electrons. The van der Waals surface area contributed by atoms with Crippen LogP contribution in [0.3, 0.4) is 0 Å². The number of nitrogens with zero attached hydrogens (tertiary/aromatic N) is 5. The second-order valence-electron chi connectivity index (χ2n) is 6.71. The maximum atomic E-state index is 12.9. The highest BCUT2D eigenvalue weighted by Crippen LogP contribution is 2.31. The van der Waals surface area contributed by atoms with Gasteiger partial charge in [-0.2, -0.15) is 4.68 Å². The van der Waals surface area contributed by atoms with E-state index in [-0.39, 0.29) is 33.9 Å². The fourth-order valence-electron chi connectivity index (χ4n) is 3.04. The van der Waals surface area contributed by atoms with Crippen LogP contribution < -0.4 is 14.8 Å². The lowest BCUT2D eigenvalue weighted by molar-refractivity contribution is -0.132. The highest BCUT2D eigenvalue weighted by atomic mass is 35.5. The normalized spacial score (nSPS) is 10.6. The van der Waals surface area contributed by atoms with Crippen molar-refractivity contribution in [3.8, 4) is 17.2 Å². The Bertz CT molecular complexity index is 1140. The molecular weight excluding hydrogens is 471 g/mol. The number of anilines is 1. The molecule has 0 saturated carbocycles. The highest BCUT2D eigenvalue weighted by Gasteiger charge is 2.18. The van der Waals surface area contributed by atoms with Crippen LogP contribution in [0.15, 0.2) is 36.7 Å². The second-order valence-corrected chi connectivity index (χ2v) is 7.53. The van der Waals surface area contributed by atoms with Crippen LogP contribution in [-0.2, 0) is 4.79 Å². The van der Waals surface area contributed by atoms with Crippen LogP contribution in [0.4, 0.5) is 5.69 Å². The van der Waals surface area contributed by atoms with E-state index in [4.69, 9.17) is 32.7 Å². The number of amides is 2. The van der Waals surface area contributed by atoms with Crippen LogP contribution in [0.1, 0.15) is 24.2 Å². The Morgan fingerprint density at radius 3 is 2.45 bits per heavy atom. The molecule has 0 fully saturated rings. The monoisotopic (exact) mass is 492 g/mol. The van der Waals surface area contributed by atoms with Crippen LogP contribution in [-0.4, -0.2) is 63.7 Å². The van der Waals surface area contributed by atoms with Gasteiger partial charge in [0.15, 0.2) is 6.61 Å². The van der Waals surface area contributed by atoms with Crippen molar-refractivity contribution in [2.45, 2.75) is 13.8 Å². The van der Waals surface area contributed by atoms with Crippen molar-refractivity contribution in [3.05, 3.63) is 52.3 Å². The van der Waals surface area contributed by atoms with Gasteiger partial charge in [-0.25, -0.2) is 0 Å². The number of halogens is 2. The third kappa shape index (κ3) is 5.71. The van der Waals surface area contributed by atoms with Gasteiger partial charge >= 0.3 is 0 Å². The summed E-state index contributed by atoms with van der Waals surface area (Å²) in [5.41, 5.74) is 1.09. The molecular formula is C21H22Cl2N6O4. The summed E-state index contributed by atoms with van der Waals surface area (Å²) in [6.07, 6.45) is 1.38. The van der Waals surface area contributed by atoms with Gasteiger partial charge in [0.2, 0.25) is 0 Å². The predicted octanol–water partition coefficient (Wildman–Crippen LogP) is 3.48. The number of carbonyl (C=O) groups excluding carboxylic acids is 2. The van der Waals surface area contributed by atoms with Gasteiger partial charge in [0.05, 0.1) is 28.4 Å². The van der Waals surface area contributed by atoms with E-state index in [2.05, 4.69) is 20.8 Å². The molecule has 1 N–H and O–H groups in total. The number of aromatic nitrogens is 4. The van der Waals surface area contributed by atoms with Crippen LogP contribution >= 0.6 is 23.2 Å². The summed E-state index contributed by atoms with van der Waals surface area (Å²) in [7, 11) is 1.44. The maximum absolute atomic E-state index is 12.9. The van der Waals surface area contributed by atoms with Crippen molar-refractivity contribution in [3.63, 3.8) is 0 Å². The molecule has 0 atom stereocenters. The molecule has 3 rings (SSSR count). The van der Waals surface area contributed by atoms with Crippen molar-refractivity contribution >= 4 is 40.7 Å². The lowest BCUT2D eigenvalue weighted by Gasteiger charge is -2.19. The SMILES string of the molecule is CCN(CC)C(=O)COc1ccc(NC(=O)c2cc(Cl)c(-n3cnnn3)cc2OC)cc1Cl. The van der Waals surface area contributed by atoms with Crippen molar-refractivity contribution in [2.24, 2.45) is 0 Å². The molecule has 2 amide bonds. The van der Waals surface area contributed by atoms with Gasteiger partial charge in [-0.3, -0.25) is 9.59 Å². The average Bonchev–Trinajstić information content (AvgIpc) is 3.33. The molecule has 12 heteroatoms. The van der Waals surface area contributed by atoms with Gasteiger partial charge in [-0.15, -0.1) is 5.10 Å². The first-order valence-electron chi connectivity index (χ1n) is 10.00. The molecule has 0 saturated heterocycles. The Morgan fingerprint density at radius 2 is 1.85 bits per heavy atom. The summed E-state index contributed by atoms with van der Waals surface area (Å²) in [5, 5.41) is 14.2. The first-order valence-corrected chi connectivity index (χ1v) is 10.8. The minimum Gasteiger partial charge on any atom is -0.496 e. The van der Waals surface area contributed by atoms with E-state index in [1.54, 1.807) is 23.1 Å². The molecule has 10 nitrogen and oxygen atoms in total. The van der Waals surface area contributed by atoms with Gasteiger partial charge in [-0.1, -0.05) is 23.2 Å². The number of nitrogens with one attached hydrogen (secondary N) is 1. The summed E-state index contributed by atoms with van der Waals surface area (Å²) in [5.74, 6) is 0.0194. The van der Waals surface area contributed by atoms with E-state index in [0.717, 1.165) is 0 Å². The zero-order valence-electron chi connectivity index (χ0n) is 18.2. The maximum Gasteiger partial charge on any atom is 0.260 e. The molecule has 33 heavy (non-hydrogen) atoms. The van der Waals surface area contributed by atoms with Crippen molar-refractivity contribution in [1.29, 1.82) is 0 Å². The number of hydrogen-bond acceptors (Lipinski definition) is 7. The molecule has 0 aliphatic heterocycles. The van der Waals surface area contributed by atoms with Gasteiger partial charge in [-0.05, 0) is 48.5 Å².